The predicted octanol–water partition coefficient (Wildman–Crippen LogP) is 3.73. The normalized spacial score (nSPS) is 15.8. The molecular formula is C12H18F6O2. The van der Waals surface area contributed by atoms with Crippen molar-refractivity contribution in [1.29, 1.82) is 0 Å². The van der Waals surface area contributed by atoms with E-state index in [-0.39, 0.29) is 12.5 Å². The first-order chi connectivity index (χ1) is 8.92. The second-order valence-electron chi connectivity index (χ2n) is 4.65. The van der Waals surface area contributed by atoms with Crippen molar-refractivity contribution in [3.8, 4) is 0 Å². The second kappa shape index (κ2) is 7.31. The van der Waals surface area contributed by atoms with E-state index in [0.717, 1.165) is 0 Å². The topological polar surface area (TPSA) is 40.5 Å². The van der Waals surface area contributed by atoms with Gasteiger partial charge in [-0.3, -0.25) is 0 Å². The number of aliphatic hydroxyl groups is 2. The van der Waals surface area contributed by atoms with Gasteiger partial charge in [-0.25, -0.2) is 0 Å². The lowest BCUT2D eigenvalue weighted by molar-refractivity contribution is -0.347. The molecule has 20 heavy (non-hydrogen) atoms. The van der Waals surface area contributed by atoms with Crippen molar-refractivity contribution in [3.63, 3.8) is 0 Å². The molecule has 0 rings (SSSR count). The van der Waals surface area contributed by atoms with Crippen LogP contribution < -0.4 is 0 Å². The molecule has 120 valence electrons. The van der Waals surface area contributed by atoms with Gasteiger partial charge in [0.15, 0.2) is 0 Å². The molecule has 0 fully saturated rings. The van der Waals surface area contributed by atoms with Crippen LogP contribution in [0.15, 0.2) is 12.2 Å². The molecule has 0 heterocycles. The summed E-state index contributed by atoms with van der Waals surface area (Å²) in [5.74, 6) is 0. The van der Waals surface area contributed by atoms with Crippen molar-refractivity contribution in [3.05, 3.63) is 12.2 Å². The standard InChI is InChI=1S/C12H18F6O2/c1-9(19)7-5-3-2-4-6-8-10(20,11(13,14)15)12(16,17)18/h6,8-9,19-20H,2-5,7H2,1H3. The largest absolute Gasteiger partial charge is 0.429 e. The van der Waals surface area contributed by atoms with Crippen molar-refractivity contribution < 1.29 is 36.6 Å². The molecule has 0 aliphatic carbocycles. The maximum Gasteiger partial charge on any atom is 0.429 e. The Balaban J connectivity index is 4.38. The Bertz CT molecular complexity index is 292. The van der Waals surface area contributed by atoms with Crippen LogP contribution in [0, 0.1) is 0 Å². The van der Waals surface area contributed by atoms with Gasteiger partial charge in [0.25, 0.3) is 5.60 Å². The van der Waals surface area contributed by atoms with Gasteiger partial charge >= 0.3 is 12.4 Å². The molecule has 0 aromatic rings. The zero-order valence-electron chi connectivity index (χ0n) is 10.9. The molecule has 0 amide bonds. The van der Waals surface area contributed by atoms with Crippen LogP contribution >= 0.6 is 0 Å². The first-order valence-electron chi connectivity index (χ1n) is 6.13. The molecule has 0 saturated heterocycles. The minimum absolute atomic E-state index is 0.00568. The Labute approximate surface area is 113 Å². The Morgan fingerprint density at radius 1 is 0.950 bits per heavy atom. The van der Waals surface area contributed by atoms with Crippen LogP contribution in [0.5, 0.6) is 0 Å². The summed E-state index contributed by atoms with van der Waals surface area (Å²) in [6, 6.07) is 0. The first-order valence-corrected chi connectivity index (χ1v) is 6.13. The number of rotatable bonds is 7. The fraction of sp³-hybridized carbons (Fsp3) is 0.833. The van der Waals surface area contributed by atoms with E-state index in [1.807, 2.05) is 0 Å². The smallest absolute Gasteiger partial charge is 0.393 e. The van der Waals surface area contributed by atoms with Crippen LogP contribution in [0.4, 0.5) is 26.3 Å². The van der Waals surface area contributed by atoms with Crippen molar-refractivity contribution in [2.45, 2.75) is 63.1 Å². The van der Waals surface area contributed by atoms with E-state index in [4.69, 9.17) is 10.2 Å². The third-order valence-electron chi connectivity index (χ3n) is 2.72. The van der Waals surface area contributed by atoms with Crippen molar-refractivity contribution in [2.24, 2.45) is 0 Å². The molecule has 2 nitrogen and oxygen atoms in total. The maximum absolute atomic E-state index is 12.3. The Hall–Kier alpha value is -0.760. The number of alkyl halides is 6. The Morgan fingerprint density at radius 3 is 1.85 bits per heavy atom. The van der Waals surface area contributed by atoms with Gasteiger partial charge in [0, 0.05) is 0 Å². The summed E-state index contributed by atoms with van der Waals surface area (Å²) in [5.41, 5.74) is -4.81. The average molecular weight is 308 g/mol. The summed E-state index contributed by atoms with van der Waals surface area (Å²) < 4.78 is 73.6. The predicted molar refractivity (Wildman–Crippen MR) is 61.0 cm³/mol. The third-order valence-corrected chi connectivity index (χ3v) is 2.72. The summed E-state index contributed by atoms with van der Waals surface area (Å²) in [7, 11) is 0. The minimum Gasteiger partial charge on any atom is -0.393 e. The van der Waals surface area contributed by atoms with E-state index in [1.165, 1.54) is 0 Å². The monoisotopic (exact) mass is 308 g/mol. The number of hydrogen-bond acceptors (Lipinski definition) is 2. The van der Waals surface area contributed by atoms with E-state index in [0.29, 0.717) is 31.8 Å². The molecule has 0 aliphatic heterocycles. The zero-order chi connectivity index (χ0) is 16.0. The molecule has 1 unspecified atom stereocenters. The SMILES string of the molecule is CC(O)CCCCCC=CC(O)(C(F)(F)F)C(F)(F)F. The van der Waals surface area contributed by atoms with Crippen LogP contribution in [0.1, 0.15) is 39.0 Å². The molecule has 0 aromatic heterocycles. The minimum atomic E-state index is -5.81. The fourth-order valence-electron chi connectivity index (χ4n) is 1.48. The van der Waals surface area contributed by atoms with Crippen LogP contribution in [-0.4, -0.2) is 34.3 Å². The quantitative estimate of drug-likeness (QED) is 0.427. The molecule has 1 atom stereocenters. The maximum atomic E-state index is 12.3. The molecule has 2 N–H and O–H groups in total. The lowest BCUT2D eigenvalue weighted by atomic mass is 10.0. The van der Waals surface area contributed by atoms with E-state index in [2.05, 4.69) is 0 Å². The Morgan fingerprint density at radius 2 is 1.45 bits per heavy atom. The summed E-state index contributed by atoms with van der Waals surface area (Å²) in [4.78, 5) is 0. The third kappa shape index (κ3) is 5.70. The van der Waals surface area contributed by atoms with Gasteiger partial charge in [-0.2, -0.15) is 26.3 Å². The highest BCUT2D eigenvalue weighted by Gasteiger charge is 2.68. The second-order valence-corrected chi connectivity index (χ2v) is 4.65. The lowest BCUT2D eigenvalue weighted by Gasteiger charge is -2.29. The first kappa shape index (κ1) is 19.2. The highest BCUT2D eigenvalue weighted by atomic mass is 19.4. The van der Waals surface area contributed by atoms with E-state index in [1.54, 1.807) is 6.92 Å². The van der Waals surface area contributed by atoms with Gasteiger partial charge in [-0.1, -0.05) is 18.9 Å². The van der Waals surface area contributed by atoms with Crippen LogP contribution in [0.2, 0.25) is 0 Å². The van der Waals surface area contributed by atoms with Crippen molar-refractivity contribution >= 4 is 0 Å². The molecule has 0 bridgehead atoms. The van der Waals surface area contributed by atoms with Gasteiger partial charge in [0.1, 0.15) is 0 Å². The molecule has 0 aliphatic rings. The van der Waals surface area contributed by atoms with Crippen molar-refractivity contribution in [2.75, 3.05) is 0 Å². The Kier molecular flexibility index (Phi) is 7.03. The molecule has 0 radical (unpaired) electrons. The number of hydrogen-bond donors (Lipinski definition) is 2. The van der Waals surface area contributed by atoms with Gasteiger partial charge in [0.05, 0.1) is 6.10 Å². The molecule has 8 heteroatoms. The number of halogens is 6. The van der Waals surface area contributed by atoms with Gasteiger partial charge in [-0.05, 0) is 32.3 Å². The molecular weight excluding hydrogens is 290 g/mol. The van der Waals surface area contributed by atoms with Gasteiger partial charge < -0.3 is 10.2 Å². The van der Waals surface area contributed by atoms with Gasteiger partial charge in [0.2, 0.25) is 0 Å². The lowest BCUT2D eigenvalue weighted by Crippen LogP contribution is -2.55. The van der Waals surface area contributed by atoms with Gasteiger partial charge in [-0.15, -0.1) is 0 Å². The van der Waals surface area contributed by atoms with Crippen LogP contribution in [0.25, 0.3) is 0 Å². The number of unbranched alkanes of at least 4 members (excludes halogenated alkanes) is 3. The highest BCUT2D eigenvalue weighted by molar-refractivity contribution is 5.10. The molecule has 0 aromatic carbocycles. The summed E-state index contributed by atoms with van der Waals surface area (Å²) in [6.45, 7) is 1.59. The summed E-state index contributed by atoms with van der Waals surface area (Å²) in [5, 5.41) is 17.7. The average Bonchev–Trinajstić information content (AvgIpc) is 2.23. The highest BCUT2D eigenvalue weighted by Crippen LogP contribution is 2.44. The summed E-state index contributed by atoms with van der Waals surface area (Å²) >= 11 is 0. The summed E-state index contributed by atoms with van der Waals surface area (Å²) in [6.07, 6.45) is -9.55. The van der Waals surface area contributed by atoms with Crippen LogP contribution in [-0.2, 0) is 0 Å². The van der Waals surface area contributed by atoms with E-state index < -0.39 is 24.1 Å². The number of aliphatic hydroxyl groups excluding tert-OH is 1. The zero-order valence-corrected chi connectivity index (χ0v) is 10.9. The van der Waals surface area contributed by atoms with E-state index >= 15 is 0 Å². The van der Waals surface area contributed by atoms with E-state index in [9.17, 15) is 26.3 Å². The molecule has 0 saturated carbocycles. The number of allylic oxidation sites excluding steroid dienone is 1. The molecule has 0 spiro atoms. The fourth-order valence-corrected chi connectivity index (χ4v) is 1.48. The van der Waals surface area contributed by atoms with Crippen LogP contribution in [0.3, 0.4) is 0 Å². The van der Waals surface area contributed by atoms with Crippen molar-refractivity contribution in [1.82, 2.24) is 0 Å².